The molecule has 0 radical (unpaired) electrons. The Bertz CT molecular complexity index is 70.1. The molecule has 3 heteroatoms. The summed E-state index contributed by atoms with van der Waals surface area (Å²) >= 11 is 4.43. The predicted molar refractivity (Wildman–Crippen MR) is 40.2 cm³/mol. The van der Waals surface area contributed by atoms with E-state index in [2.05, 4.69) is 18.8 Å². The zero-order chi connectivity index (χ0) is 6.24. The molecule has 0 saturated heterocycles. The van der Waals surface area contributed by atoms with Crippen molar-refractivity contribution in [2.75, 3.05) is 6.61 Å². The van der Waals surface area contributed by atoms with E-state index < -0.39 is 0 Å². The van der Waals surface area contributed by atoms with E-state index in [0.717, 1.165) is 19.4 Å². The number of hydrogen-bond acceptors (Lipinski definition) is 2. The van der Waals surface area contributed by atoms with Crippen molar-refractivity contribution in [3.8, 4) is 0 Å². The molecule has 0 N–H and O–H groups in total. The van der Waals surface area contributed by atoms with Gasteiger partial charge in [-0.05, 0) is 25.1 Å². The smallest absolute Gasteiger partial charge is 1.00 e. The SMILES string of the molecule is C=CCCCOC=S.[H-].[K+]. The molecular formula is C6H11KOS. The second-order valence-corrected chi connectivity index (χ2v) is 1.59. The number of allylic oxidation sites excluding steroid dienone is 1. The first-order valence-corrected chi connectivity index (χ1v) is 3.05. The summed E-state index contributed by atoms with van der Waals surface area (Å²) in [4.78, 5) is 0. The fourth-order valence-electron chi connectivity index (χ4n) is 0.359. The van der Waals surface area contributed by atoms with Crippen molar-refractivity contribution in [3.05, 3.63) is 12.7 Å². The van der Waals surface area contributed by atoms with E-state index in [4.69, 9.17) is 4.74 Å². The van der Waals surface area contributed by atoms with E-state index in [1.54, 1.807) is 0 Å². The molecule has 0 unspecified atom stereocenters. The molecule has 0 fully saturated rings. The van der Waals surface area contributed by atoms with Gasteiger partial charge < -0.3 is 6.16 Å². The van der Waals surface area contributed by atoms with E-state index in [1.165, 1.54) is 5.55 Å². The molecule has 0 aromatic carbocycles. The van der Waals surface area contributed by atoms with Crippen LogP contribution in [0.1, 0.15) is 14.3 Å². The molecule has 0 aromatic heterocycles. The third-order valence-electron chi connectivity index (χ3n) is 0.738. The predicted octanol–water partition coefficient (Wildman–Crippen LogP) is -0.957. The van der Waals surface area contributed by atoms with Crippen LogP contribution in [-0.2, 0) is 4.74 Å². The maximum Gasteiger partial charge on any atom is 1.00 e. The Kier molecular flexibility index (Phi) is 17.2. The molecule has 1 nitrogen and oxygen atoms in total. The van der Waals surface area contributed by atoms with Crippen LogP contribution in [0.25, 0.3) is 0 Å². The monoisotopic (exact) mass is 170 g/mol. The number of hydrogen-bond donors (Lipinski definition) is 0. The van der Waals surface area contributed by atoms with Gasteiger partial charge in [0.1, 0.15) is 5.55 Å². The summed E-state index contributed by atoms with van der Waals surface area (Å²) in [6.07, 6.45) is 3.88. The minimum absolute atomic E-state index is 0. The zero-order valence-corrected chi connectivity index (χ0v) is 9.74. The summed E-state index contributed by atoms with van der Waals surface area (Å²) in [5.74, 6) is 0. The minimum atomic E-state index is 0. The largest absolute Gasteiger partial charge is 1.00 e. The Morgan fingerprint density at radius 3 is 2.78 bits per heavy atom. The number of unbranched alkanes of at least 4 members (excludes halogenated alkanes) is 1. The minimum Gasteiger partial charge on any atom is -1.00 e. The summed E-state index contributed by atoms with van der Waals surface area (Å²) < 4.78 is 4.78. The van der Waals surface area contributed by atoms with Crippen molar-refractivity contribution in [3.63, 3.8) is 0 Å². The van der Waals surface area contributed by atoms with Crippen LogP contribution in [0.2, 0.25) is 0 Å². The van der Waals surface area contributed by atoms with Crippen LogP contribution < -0.4 is 51.4 Å². The van der Waals surface area contributed by atoms with E-state index in [1.807, 2.05) is 6.08 Å². The third-order valence-corrected chi connectivity index (χ3v) is 0.875. The van der Waals surface area contributed by atoms with Crippen molar-refractivity contribution in [2.45, 2.75) is 12.8 Å². The van der Waals surface area contributed by atoms with Gasteiger partial charge in [0.2, 0.25) is 0 Å². The van der Waals surface area contributed by atoms with Gasteiger partial charge in [-0.15, -0.1) is 6.58 Å². The number of rotatable bonds is 5. The van der Waals surface area contributed by atoms with Gasteiger partial charge in [-0.2, -0.15) is 0 Å². The average molecular weight is 170 g/mol. The van der Waals surface area contributed by atoms with Crippen LogP contribution >= 0.6 is 12.2 Å². The van der Waals surface area contributed by atoms with Crippen LogP contribution in [0.5, 0.6) is 0 Å². The van der Waals surface area contributed by atoms with E-state index in [0.29, 0.717) is 0 Å². The Hall–Kier alpha value is 1.27. The second kappa shape index (κ2) is 12.0. The van der Waals surface area contributed by atoms with Crippen molar-refractivity contribution in [2.24, 2.45) is 0 Å². The molecule has 0 bridgehead atoms. The molecule has 9 heavy (non-hydrogen) atoms. The topological polar surface area (TPSA) is 9.23 Å². The number of thiocarbonyl (C=S) groups is 1. The quantitative estimate of drug-likeness (QED) is 0.228. The first-order valence-electron chi connectivity index (χ1n) is 2.58. The van der Waals surface area contributed by atoms with Crippen LogP contribution in [0.3, 0.4) is 0 Å². The zero-order valence-electron chi connectivity index (χ0n) is 6.80. The number of ether oxygens (including phenoxy) is 1. The van der Waals surface area contributed by atoms with Crippen LogP contribution in [0, 0.1) is 0 Å². The summed E-state index contributed by atoms with van der Waals surface area (Å²) in [5.41, 5.74) is 1.29. The Morgan fingerprint density at radius 2 is 2.33 bits per heavy atom. The third kappa shape index (κ3) is 12.5. The molecule has 0 aliphatic heterocycles. The summed E-state index contributed by atoms with van der Waals surface area (Å²) in [7, 11) is 0. The Balaban J connectivity index is -0.000000245. The second-order valence-electron chi connectivity index (χ2n) is 1.40. The van der Waals surface area contributed by atoms with Gasteiger partial charge >= 0.3 is 51.4 Å². The Morgan fingerprint density at radius 1 is 1.67 bits per heavy atom. The van der Waals surface area contributed by atoms with Gasteiger partial charge in [-0.3, -0.25) is 0 Å². The Labute approximate surface area is 106 Å². The molecule has 0 aliphatic rings. The van der Waals surface area contributed by atoms with E-state index >= 15 is 0 Å². The molecule has 0 aromatic rings. The van der Waals surface area contributed by atoms with Gasteiger partial charge in [0.05, 0.1) is 6.61 Å². The molecule has 0 rings (SSSR count). The van der Waals surface area contributed by atoms with Crippen molar-refractivity contribution >= 4 is 17.8 Å². The molecular weight excluding hydrogens is 159 g/mol. The molecule has 48 valence electrons. The molecule has 0 saturated carbocycles. The maximum absolute atomic E-state index is 4.78. The van der Waals surface area contributed by atoms with Crippen molar-refractivity contribution < 1.29 is 57.5 Å². The van der Waals surface area contributed by atoms with Crippen LogP contribution in [0.4, 0.5) is 0 Å². The fraction of sp³-hybridized carbons (Fsp3) is 0.500. The van der Waals surface area contributed by atoms with Gasteiger partial charge in [0, 0.05) is 0 Å². The average Bonchev–Trinajstić information content (AvgIpc) is 1.81. The molecule has 0 heterocycles. The van der Waals surface area contributed by atoms with Crippen molar-refractivity contribution in [1.29, 1.82) is 0 Å². The summed E-state index contributed by atoms with van der Waals surface area (Å²) in [5, 5.41) is 0. The first kappa shape index (κ1) is 12.9. The summed E-state index contributed by atoms with van der Waals surface area (Å²) in [6, 6.07) is 0. The van der Waals surface area contributed by atoms with Crippen LogP contribution in [-0.4, -0.2) is 12.2 Å². The first-order chi connectivity index (χ1) is 3.91. The van der Waals surface area contributed by atoms with Gasteiger partial charge in [-0.1, -0.05) is 6.08 Å². The molecule has 0 amide bonds. The molecule has 0 aliphatic carbocycles. The van der Waals surface area contributed by atoms with E-state index in [9.17, 15) is 0 Å². The molecule has 0 spiro atoms. The standard InChI is InChI=1S/C6H10OS.K.H/c1-2-3-4-5-7-6-8;;/h2,6H,1,3-5H2;;/q;+1;-1. The van der Waals surface area contributed by atoms with Gasteiger partial charge in [0.25, 0.3) is 0 Å². The van der Waals surface area contributed by atoms with Gasteiger partial charge in [-0.25, -0.2) is 0 Å². The summed E-state index contributed by atoms with van der Waals surface area (Å²) in [6.45, 7) is 4.28. The van der Waals surface area contributed by atoms with Crippen molar-refractivity contribution in [1.82, 2.24) is 0 Å². The van der Waals surface area contributed by atoms with Crippen LogP contribution in [0.15, 0.2) is 12.7 Å². The van der Waals surface area contributed by atoms with Gasteiger partial charge in [0.15, 0.2) is 0 Å². The van der Waals surface area contributed by atoms with E-state index in [-0.39, 0.29) is 52.8 Å². The fourth-order valence-corrected chi connectivity index (χ4v) is 0.455. The molecule has 0 atom stereocenters. The normalized spacial score (nSPS) is 7.11. The maximum atomic E-state index is 4.78.